The number of hydrogen-bond acceptors (Lipinski definition) is 4. The van der Waals surface area contributed by atoms with Crippen LogP contribution in [0.25, 0.3) is 0 Å². The number of rotatable bonds is 4. The van der Waals surface area contributed by atoms with Crippen LogP contribution < -0.4 is 11.3 Å². The van der Waals surface area contributed by atoms with Gasteiger partial charge in [0.05, 0.1) is 24.1 Å². The lowest BCUT2D eigenvalue weighted by atomic mass is 10.2. The fourth-order valence-corrected chi connectivity index (χ4v) is 1.16. The Morgan fingerprint density at radius 1 is 1.65 bits per heavy atom. The number of hydrogen-bond donors (Lipinski definition) is 2. The zero-order valence-corrected chi connectivity index (χ0v) is 8.91. The van der Waals surface area contributed by atoms with Gasteiger partial charge in [-0.25, -0.2) is 5.84 Å². The first-order chi connectivity index (χ1) is 7.85. The number of carbonyl (C=O) groups is 1. The molecule has 6 nitrogen and oxygen atoms in total. The lowest BCUT2D eigenvalue weighted by Gasteiger charge is -2.09. The maximum Gasteiger partial charge on any atom is 0.411 e. The number of nitrogen functional groups attached to an aromatic ring is 1. The van der Waals surface area contributed by atoms with Crippen molar-refractivity contribution >= 4 is 5.91 Å². The highest BCUT2D eigenvalue weighted by Crippen LogP contribution is 2.16. The van der Waals surface area contributed by atoms with Gasteiger partial charge in [0, 0.05) is 7.05 Å². The van der Waals surface area contributed by atoms with E-state index in [1.807, 2.05) is 5.43 Å². The van der Waals surface area contributed by atoms with E-state index in [-0.39, 0.29) is 17.9 Å². The van der Waals surface area contributed by atoms with Crippen LogP contribution in [0.15, 0.2) is 6.20 Å². The zero-order chi connectivity index (χ0) is 13.1. The van der Waals surface area contributed by atoms with Gasteiger partial charge in [0.15, 0.2) is 0 Å². The molecule has 1 rings (SSSR count). The second kappa shape index (κ2) is 5.15. The van der Waals surface area contributed by atoms with E-state index in [4.69, 9.17) is 5.84 Å². The van der Waals surface area contributed by atoms with Crippen molar-refractivity contribution in [2.45, 2.75) is 12.8 Å². The van der Waals surface area contributed by atoms with Crippen LogP contribution >= 0.6 is 0 Å². The Hall–Kier alpha value is -1.61. The Morgan fingerprint density at radius 2 is 2.29 bits per heavy atom. The monoisotopic (exact) mass is 252 g/mol. The van der Waals surface area contributed by atoms with E-state index in [9.17, 15) is 18.0 Å². The second-order valence-corrected chi connectivity index (χ2v) is 3.21. The SMILES string of the molecule is Cn1ncc(C(=O)NN)c1COCC(F)(F)F. The molecular formula is C8H11F3N4O2. The fraction of sp³-hybridized carbons (Fsp3) is 0.500. The molecule has 1 heterocycles. The molecule has 0 unspecified atom stereocenters. The van der Waals surface area contributed by atoms with Crippen molar-refractivity contribution in [1.29, 1.82) is 0 Å². The number of amides is 1. The van der Waals surface area contributed by atoms with Gasteiger partial charge in [0.1, 0.15) is 6.61 Å². The molecule has 1 aromatic heterocycles. The van der Waals surface area contributed by atoms with E-state index in [1.165, 1.54) is 17.9 Å². The number of hydrazine groups is 1. The topological polar surface area (TPSA) is 82.2 Å². The molecule has 0 radical (unpaired) electrons. The molecule has 9 heteroatoms. The lowest BCUT2D eigenvalue weighted by Crippen LogP contribution is -2.30. The molecule has 1 amide bonds. The maximum atomic E-state index is 11.9. The summed E-state index contributed by atoms with van der Waals surface area (Å²) in [6.45, 7) is -1.76. The highest BCUT2D eigenvalue weighted by atomic mass is 19.4. The molecule has 0 bridgehead atoms. The molecule has 0 saturated carbocycles. The van der Waals surface area contributed by atoms with Crippen LogP contribution in [0.3, 0.4) is 0 Å². The van der Waals surface area contributed by atoms with Crippen LogP contribution in [0.4, 0.5) is 13.2 Å². The number of nitrogens with zero attached hydrogens (tertiary/aromatic N) is 2. The zero-order valence-electron chi connectivity index (χ0n) is 8.91. The summed E-state index contributed by atoms with van der Waals surface area (Å²) < 4.78 is 41.3. The van der Waals surface area contributed by atoms with Crippen LogP contribution in [0, 0.1) is 0 Å². The Balaban J connectivity index is 2.70. The number of halogens is 3. The molecular weight excluding hydrogens is 241 g/mol. The predicted molar refractivity (Wildman–Crippen MR) is 50.6 cm³/mol. The standard InChI is InChI=1S/C8H11F3N4O2/c1-15-6(3-17-4-8(9,10)11)5(2-13-15)7(16)14-12/h2H,3-4,12H2,1H3,(H,14,16). The van der Waals surface area contributed by atoms with Gasteiger partial charge in [0.2, 0.25) is 0 Å². The Bertz CT molecular complexity index is 402. The maximum absolute atomic E-state index is 11.9. The molecule has 96 valence electrons. The van der Waals surface area contributed by atoms with E-state index < -0.39 is 18.7 Å². The largest absolute Gasteiger partial charge is 0.411 e. The van der Waals surface area contributed by atoms with Gasteiger partial charge in [-0.1, -0.05) is 0 Å². The summed E-state index contributed by atoms with van der Waals surface area (Å²) in [5, 5.41) is 3.74. The quantitative estimate of drug-likeness (QED) is 0.452. The molecule has 17 heavy (non-hydrogen) atoms. The Morgan fingerprint density at radius 3 is 2.82 bits per heavy atom. The van der Waals surface area contributed by atoms with E-state index in [2.05, 4.69) is 9.84 Å². The minimum absolute atomic E-state index is 0.0807. The first kappa shape index (κ1) is 13.5. The summed E-state index contributed by atoms with van der Waals surface area (Å²) >= 11 is 0. The Labute approximate surface area is 94.5 Å². The van der Waals surface area contributed by atoms with E-state index >= 15 is 0 Å². The first-order valence-corrected chi connectivity index (χ1v) is 4.51. The van der Waals surface area contributed by atoms with Crippen LogP contribution in [-0.4, -0.2) is 28.5 Å². The van der Waals surface area contributed by atoms with Crippen molar-refractivity contribution in [2.24, 2.45) is 12.9 Å². The number of ether oxygens (including phenoxy) is 1. The van der Waals surface area contributed by atoms with Crippen LogP contribution in [0.5, 0.6) is 0 Å². The predicted octanol–water partition coefficient (Wildman–Crippen LogP) is 0.102. The summed E-state index contributed by atoms with van der Waals surface area (Å²) in [5.41, 5.74) is 2.17. The summed E-state index contributed by atoms with van der Waals surface area (Å²) in [4.78, 5) is 11.2. The number of aromatic nitrogens is 2. The summed E-state index contributed by atoms with van der Waals surface area (Å²) in [6.07, 6.45) is -3.21. The second-order valence-electron chi connectivity index (χ2n) is 3.21. The van der Waals surface area contributed by atoms with Gasteiger partial charge >= 0.3 is 6.18 Å². The van der Waals surface area contributed by atoms with Gasteiger partial charge < -0.3 is 4.74 Å². The van der Waals surface area contributed by atoms with Gasteiger partial charge in [0.25, 0.3) is 5.91 Å². The molecule has 3 N–H and O–H groups in total. The molecule has 0 aliphatic carbocycles. The minimum atomic E-state index is -4.41. The first-order valence-electron chi connectivity index (χ1n) is 4.51. The van der Waals surface area contributed by atoms with Gasteiger partial charge in [-0.05, 0) is 0 Å². The summed E-state index contributed by atoms with van der Waals surface area (Å²) in [7, 11) is 1.49. The van der Waals surface area contributed by atoms with Crippen molar-refractivity contribution in [1.82, 2.24) is 15.2 Å². The van der Waals surface area contributed by atoms with Gasteiger partial charge in [-0.2, -0.15) is 18.3 Å². The molecule has 0 atom stereocenters. The lowest BCUT2D eigenvalue weighted by molar-refractivity contribution is -0.177. The highest BCUT2D eigenvalue weighted by molar-refractivity contribution is 5.94. The van der Waals surface area contributed by atoms with Crippen LogP contribution in [-0.2, 0) is 18.4 Å². The van der Waals surface area contributed by atoms with Crippen molar-refractivity contribution < 1.29 is 22.7 Å². The summed E-state index contributed by atoms with van der Waals surface area (Å²) in [6, 6.07) is 0. The third-order valence-corrected chi connectivity index (χ3v) is 1.94. The average Bonchev–Trinajstić information content (AvgIpc) is 2.58. The minimum Gasteiger partial charge on any atom is -0.366 e. The van der Waals surface area contributed by atoms with Crippen molar-refractivity contribution in [2.75, 3.05) is 6.61 Å². The van der Waals surface area contributed by atoms with Crippen molar-refractivity contribution in [3.05, 3.63) is 17.5 Å². The number of aryl methyl sites for hydroxylation is 1. The number of alkyl halides is 3. The molecule has 0 fully saturated rings. The third kappa shape index (κ3) is 3.71. The molecule has 0 aromatic carbocycles. The van der Waals surface area contributed by atoms with Crippen LogP contribution in [0.1, 0.15) is 16.1 Å². The highest BCUT2D eigenvalue weighted by Gasteiger charge is 2.28. The van der Waals surface area contributed by atoms with Crippen molar-refractivity contribution in [3.8, 4) is 0 Å². The van der Waals surface area contributed by atoms with E-state index in [0.29, 0.717) is 0 Å². The van der Waals surface area contributed by atoms with Gasteiger partial charge in [-0.3, -0.25) is 14.9 Å². The number of nitrogens with two attached hydrogens (primary N) is 1. The molecule has 0 aliphatic heterocycles. The van der Waals surface area contributed by atoms with Crippen molar-refractivity contribution in [3.63, 3.8) is 0 Å². The number of carbonyl (C=O) groups excluding carboxylic acids is 1. The molecule has 0 spiro atoms. The van der Waals surface area contributed by atoms with Gasteiger partial charge in [-0.15, -0.1) is 0 Å². The van der Waals surface area contributed by atoms with E-state index in [0.717, 1.165) is 0 Å². The smallest absolute Gasteiger partial charge is 0.366 e. The number of nitrogens with one attached hydrogen (secondary N) is 1. The third-order valence-electron chi connectivity index (χ3n) is 1.94. The van der Waals surface area contributed by atoms with Crippen LogP contribution in [0.2, 0.25) is 0 Å². The van der Waals surface area contributed by atoms with E-state index in [1.54, 1.807) is 0 Å². The average molecular weight is 252 g/mol. The normalized spacial score (nSPS) is 11.6. The molecule has 1 aromatic rings. The molecule has 0 saturated heterocycles. The fourth-order valence-electron chi connectivity index (χ4n) is 1.16. The molecule has 0 aliphatic rings. The Kier molecular flexibility index (Phi) is 4.07. The summed E-state index contributed by atoms with van der Waals surface area (Å²) in [5.74, 6) is 4.29.